The molecule has 1 amide bonds. The fourth-order valence-corrected chi connectivity index (χ4v) is 3.20. The van der Waals surface area contributed by atoms with Gasteiger partial charge in [-0.05, 0) is 37.1 Å². The highest BCUT2D eigenvalue weighted by molar-refractivity contribution is 7.13. The number of nitrogens with two attached hydrogens (primary N) is 1. The Bertz CT molecular complexity index is 586. The number of thiazole rings is 1. The minimum Gasteiger partial charge on any atom is -0.324 e. The Morgan fingerprint density at radius 1 is 1.25 bits per heavy atom. The molecule has 0 bridgehead atoms. The molecular formula is C15H17N3OS. The van der Waals surface area contributed by atoms with Crippen molar-refractivity contribution in [2.75, 3.05) is 5.32 Å². The highest BCUT2D eigenvalue weighted by Gasteiger charge is 2.36. The molecule has 0 atom stereocenters. The molecular weight excluding hydrogens is 270 g/mol. The third kappa shape index (κ3) is 2.59. The van der Waals surface area contributed by atoms with Crippen LogP contribution in [-0.4, -0.2) is 16.4 Å². The molecule has 5 heteroatoms. The molecule has 1 aromatic heterocycles. The smallest absolute Gasteiger partial charge is 0.244 e. The number of anilines is 1. The standard InChI is InChI=1S/C15H17N3OS/c16-15(7-1-2-8-15)14(19)18-12-5-3-11(4-6-12)13-17-9-10-20-13/h3-6,9-10H,1-2,7-8,16H2,(H,18,19). The summed E-state index contributed by atoms with van der Waals surface area (Å²) in [7, 11) is 0. The maximum Gasteiger partial charge on any atom is 0.244 e. The summed E-state index contributed by atoms with van der Waals surface area (Å²) in [6.45, 7) is 0. The van der Waals surface area contributed by atoms with Gasteiger partial charge in [-0.3, -0.25) is 4.79 Å². The Kier molecular flexibility index (Phi) is 3.54. The van der Waals surface area contributed by atoms with Gasteiger partial charge in [-0.2, -0.15) is 0 Å². The number of amides is 1. The maximum absolute atomic E-state index is 12.2. The number of hydrogen-bond acceptors (Lipinski definition) is 4. The largest absolute Gasteiger partial charge is 0.324 e. The monoisotopic (exact) mass is 287 g/mol. The van der Waals surface area contributed by atoms with Gasteiger partial charge in [-0.1, -0.05) is 12.8 Å². The van der Waals surface area contributed by atoms with Gasteiger partial charge in [0.05, 0.1) is 5.54 Å². The van der Waals surface area contributed by atoms with Gasteiger partial charge in [0.2, 0.25) is 5.91 Å². The van der Waals surface area contributed by atoms with E-state index in [0.29, 0.717) is 0 Å². The zero-order valence-electron chi connectivity index (χ0n) is 11.1. The lowest BCUT2D eigenvalue weighted by atomic mass is 9.98. The Morgan fingerprint density at radius 3 is 2.55 bits per heavy atom. The predicted octanol–water partition coefficient (Wildman–Crippen LogP) is 3.02. The third-order valence-electron chi connectivity index (χ3n) is 3.77. The van der Waals surface area contributed by atoms with Crippen molar-refractivity contribution >= 4 is 22.9 Å². The fraction of sp³-hybridized carbons (Fsp3) is 0.333. The first-order chi connectivity index (χ1) is 9.67. The molecule has 1 aromatic carbocycles. The summed E-state index contributed by atoms with van der Waals surface area (Å²) in [4.78, 5) is 16.5. The van der Waals surface area contributed by atoms with E-state index in [0.717, 1.165) is 41.9 Å². The summed E-state index contributed by atoms with van der Waals surface area (Å²) in [5.41, 5.74) is 7.29. The van der Waals surface area contributed by atoms with Gasteiger partial charge in [-0.25, -0.2) is 4.98 Å². The third-order valence-corrected chi connectivity index (χ3v) is 4.59. The van der Waals surface area contributed by atoms with Crippen LogP contribution in [0.15, 0.2) is 35.8 Å². The summed E-state index contributed by atoms with van der Waals surface area (Å²) in [6, 6.07) is 7.72. The number of nitrogens with zero attached hydrogens (tertiary/aromatic N) is 1. The molecule has 20 heavy (non-hydrogen) atoms. The van der Waals surface area contributed by atoms with E-state index in [1.54, 1.807) is 17.5 Å². The minimum atomic E-state index is -0.687. The van der Waals surface area contributed by atoms with Crippen LogP contribution in [0.1, 0.15) is 25.7 Å². The highest BCUT2D eigenvalue weighted by atomic mass is 32.1. The molecule has 0 spiro atoms. The fourth-order valence-electron chi connectivity index (χ4n) is 2.55. The second kappa shape index (κ2) is 5.34. The van der Waals surface area contributed by atoms with Gasteiger partial charge in [0, 0.05) is 22.8 Å². The van der Waals surface area contributed by atoms with Crippen molar-refractivity contribution in [2.45, 2.75) is 31.2 Å². The molecule has 2 aromatic rings. The molecule has 4 nitrogen and oxygen atoms in total. The number of nitrogens with one attached hydrogen (secondary N) is 1. The molecule has 1 heterocycles. The van der Waals surface area contributed by atoms with E-state index >= 15 is 0 Å². The molecule has 3 N–H and O–H groups in total. The Balaban J connectivity index is 1.71. The van der Waals surface area contributed by atoms with Crippen molar-refractivity contribution in [3.8, 4) is 10.6 Å². The van der Waals surface area contributed by atoms with Crippen LogP contribution in [0.5, 0.6) is 0 Å². The first-order valence-electron chi connectivity index (χ1n) is 6.78. The van der Waals surface area contributed by atoms with Crippen LogP contribution in [-0.2, 0) is 4.79 Å². The Hall–Kier alpha value is -1.72. The first kappa shape index (κ1) is 13.3. The van der Waals surface area contributed by atoms with Crippen molar-refractivity contribution in [2.24, 2.45) is 5.73 Å². The quantitative estimate of drug-likeness (QED) is 0.911. The molecule has 3 rings (SSSR count). The lowest BCUT2D eigenvalue weighted by Gasteiger charge is -2.22. The highest BCUT2D eigenvalue weighted by Crippen LogP contribution is 2.29. The SMILES string of the molecule is NC1(C(=O)Nc2ccc(-c3nccs3)cc2)CCCC1. The molecule has 0 aliphatic heterocycles. The number of carbonyl (C=O) groups excluding carboxylic acids is 1. The molecule has 0 radical (unpaired) electrons. The number of aromatic nitrogens is 1. The van der Waals surface area contributed by atoms with Crippen LogP contribution in [0.2, 0.25) is 0 Å². The van der Waals surface area contributed by atoms with E-state index in [1.807, 2.05) is 29.6 Å². The van der Waals surface area contributed by atoms with E-state index in [4.69, 9.17) is 5.73 Å². The van der Waals surface area contributed by atoms with Crippen LogP contribution in [0.3, 0.4) is 0 Å². The van der Waals surface area contributed by atoms with Crippen LogP contribution in [0, 0.1) is 0 Å². The predicted molar refractivity (Wildman–Crippen MR) is 81.6 cm³/mol. The van der Waals surface area contributed by atoms with Crippen molar-refractivity contribution in [1.82, 2.24) is 4.98 Å². The summed E-state index contributed by atoms with van der Waals surface area (Å²) in [6.07, 6.45) is 5.40. The maximum atomic E-state index is 12.2. The van der Waals surface area contributed by atoms with Crippen molar-refractivity contribution in [1.29, 1.82) is 0 Å². The van der Waals surface area contributed by atoms with E-state index in [1.165, 1.54) is 0 Å². The topological polar surface area (TPSA) is 68.0 Å². The summed E-state index contributed by atoms with van der Waals surface area (Å²) >= 11 is 1.60. The Morgan fingerprint density at radius 2 is 1.95 bits per heavy atom. The van der Waals surface area contributed by atoms with E-state index in [9.17, 15) is 4.79 Å². The molecule has 0 saturated heterocycles. The first-order valence-corrected chi connectivity index (χ1v) is 7.66. The zero-order valence-corrected chi connectivity index (χ0v) is 12.0. The number of rotatable bonds is 3. The average molecular weight is 287 g/mol. The average Bonchev–Trinajstić information content (AvgIpc) is 3.11. The summed E-state index contributed by atoms with van der Waals surface area (Å²) < 4.78 is 0. The number of hydrogen-bond donors (Lipinski definition) is 2. The molecule has 1 aliphatic rings. The molecule has 1 aliphatic carbocycles. The van der Waals surface area contributed by atoms with Crippen molar-refractivity contribution in [3.63, 3.8) is 0 Å². The molecule has 1 saturated carbocycles. The lowest BCUT2D eigenvalue weighted by Crippen LogP contribution is -2.48. The van der Waals surface area contributed by atoms with Crippen LogP contribution < -0.4 is 11.1 Å². The molecule has 1 fully saturated rings. The van der Waals surface area contributed by atoms with Gasteiger partial charge in [0.25, 0.3) is 0 Å². The Labute approximate surface area is 122 Å². The normalized spacial score (nSPS) is 17.1. The van der Waals surface area contributed by atoms with E-state index < -0.39 is 5.54 Å². The van der Waals surface area contributed by atoms with E-state index in [-0.39, 0.29) is 5.91 Å². The van der Waals surface area contributed by atoms with Crippen molar-refractivity contribution in [3.05, 3.63) is 35.8 Å². The van der Waals surface area contributed by atoms with E-state index in [2.05, 4.69) is 10.3 Å². The number of carbonyl (C=O) groups is 1. The lowest BCUT2D eigenvalue weighted by molar-refractivity contribution is -0.121. The summed E-state index contributed by atoms with van der Waals surface area (Å²) in [5, 5.41) is 5.84. The van der Waals surface area contributed by atoms with Gasteiger partial charge in [-0.15, -0.1) is 11.3 Å². The van der Waals surface area contributed by atoms with Gasteiger partial charge in [0.1, 0.15) is 5.01 Å². The molecule has 104 valence electrons. The van der Waals surface area contributed by atoms with Gasteiger partial charge >= 0.3 is 0 Å². The zero-order chi connectivity index (χ0) is 14.0. The van der Waals surface area contributed by atoms with Gasteiger partial charge < -0.3 is 11.1 Å². The minimum absolute atomic E-state index is 0.0722. The second-order valence-electron chi connectivity index (χ2n) is 5.23. The van der Waals surface area contributed by atoms with Crippen LogP contribution >= 0.6 is 11.3 Å². The van der Waals surface area contributed by atoms with Gasteiger partial charge in [0.15, 0.2) is 0 Å². The number of benzene rings is 1. The van der Waals surface area contributed by atoms with Crippen LogP contribution in [0.4, 0.5) is 5.69 Å². The second-order valence-corrected chi connectivity index (χ2v) is 6.13. The van der Waals surface area contributed by atoms with Crippen molar-refractivity contribution < 1.29 is 4.79 Å². The summed E-state index contributed by atoms with van der Waals surface area (Å²) in [5.74, 6) is -0.0722. The molecule has 0 unspecified atom stereocenters. The van der Waals surface area contributed by atoms with Crippen LogP contribution in [0.25, 0.3) is 10.6 Å².